The summed E-state index contributed by atoms with van der Waals surface area (Å²) in [6.07, 6.45) is 4.32. The molecule has 6 heteroatoms. The first-order valence-corrected chi connectivity index (χ1v) is 8.88. The molecular formula is C17H26ClN3OS. The van der Waals surface area contributed by atoms with Crippen molar-refractivity contribution in [3.05, 3.63) is 35.4 Å². The Bertz CT molecular complexity index is 510. The first-order valence-electron chi connectivity index (χ1n) is 8.03. The quantitative estimate of drug-likeness (QED) is 0.290. The van der Waals surface area contributed by atoms with Crippen molar-refractivity contribution >= 4 is 34.8 Å². The molecule has 0 heterocycles. The van der Waals surface area contributed by atoms with E-state index in [-0.39, 0.29) is 11.3 Å². The zero-order valence-electron chi connectivity index (χ0n) is 13.8. The van der Waals surface area contributed by atoms with Crippen LogP contribution in [0.4, 0.5) is 0 Å². The lowest BCUT2D eigenvalue weighted by atomic mass is 10.1. The van der Waals surface area contributed by atoms with Crippen molar-refractivity contribution in [1.29, 1.82) is 0 Å². The summed E-state index contributed by atoms with van der Waals surface area (Å²) in [5, 5.41) is 3.32. The van der Waals surface area contributed by atoms with Gasteiger partial charge in [-0.15, -0.1) is 11.6 Å². The average Bonchev–Trinajstić information content (AvgIpc) is 2.51. The van der Waals surface area contributed by atoms with Gasteiger partial charge >= 0.3 is 0 Å². The number of rotatable bonds is 8. The number of halogens is 1. The normalized spacial score (nSPS) is 11.6. The molecule has 0 fully saturated rings. The summed E-state index contributed by atoms with van der Waals surface area (Å²) in [5.74, 6) is -0.0511. The van der Waals surface area contributed by atoms with E-state index < -0.39 is 0 Å². The van der Waals surface area contributed by atoms with Crippen molar-refractivity contribution in [2.75, 3.05) is 6.54 Å². The maximum Gasteiger partial charge on any atom is 0.238 e. The van der Waals surface area contributed by atoms with Gasteiger partial charge in [0.05, 0.1) is 5.38 Å². The van der Waals surface area contributed by atoms with Crippen LogP contribution in [0.1, 0.15) is 43.7 Å². The molecule has 128 valence electrons. The summed E-state index contributed by atoms with van der Waals surface area (Å²) >= 11 is 11.4. The second kappa shape index (κ2) is 11.2. The first-order chi connectivity index (χ1) is 11.0. The van der Waals surface area contributed by atoms with Crippen LogP contribution in [0.25, 0.3) is 0 Å². The van der Waals surface area contributed by atoms with Crippen LogP contribution in [0.5, 0.6) is 0 Å². The highest BCUT2D eigenvalue weighted by Crippen LogP contribution is 2.09. The minimum atomic E-state index is -0.0724. The average molecular weight is 356 g/mol. The molecule has 1 rings (SSSR count). The van der Waals surface area contributed by atoms with E-state index >= 15 is 0 Å². The van der Waals surface area contributed by atoms with Crippen molar-refractivity contribution in [2.24, 2.45) is 0 Å². The second-order valence-corrected chi connectivity index (χ2v) is 6.66. The Hall–Kier alpha value is -1.33. The SMILES string of the molecule is CCCCCC(=O)NNC(=S)NC[C@@H](Cl)Cc1cccc(C)c1. The van der Waals surface area contributed by atoms with Crippen LogP contribution < -0.4 is 16.2 Å². The Morgan fingerprint density at radius 3 is 2.78 bits per heavy atom. The number of amides is 1. The van der Waals surface area contributed by atoms with E-state index in [9.17, 15) is 4.79 Å². The highest BCUT2D eigenvalue weighted by atomic mass is 35.5. The lowest BCUT2D eigenvalue weighted by Crippen LogP contribution is -2.48. The molecule has 0 radical (unpaired) electrons. The molecule has 0 spiro atoms. The molecule has 0 aliphatic carbocycles. The van der Waals surface area contributed by atoms with Gasteiger partial charge in [-0.25, -0.2) is 0 Å². The van der Waals surface area contributed by atoms with Gasteiger partial charge in [0.1, 0.15) is 0 Å². The van der Waals surface area contributed by atoms with E-state index in [1.54, 1.807) is 0 Å². The van der Waals surface area contributed by atoms with Gasteiger partial charge in [-0.1, -0.05) is 49.6 Å². The number of carbonyl (C=O) groups excluding carboxylic acids is 1. The van der Waals surface area contributed by atoms with Gasteiger partial charge in [0.25, 0.3) is 0 Å². The van der Waals surface area contributed by atoms with Crippen molar-refractivity contribution < 1.29 is 4.79 Å². The Morgan fingerprint density at radius 2 is 2.09 bits per heavy atom. The first kappa shape index (κ1) is 19.7. The Balaban J connectivity index is 2.18. The van der Waals surface area contributed by atoms with E-state index in [2.05, 4.69) is 48.2 Å². The number of unbranched alkanes of at least 4 members (excludes halogenated alkanes) is 2. The monoisotopic (exact) mass is 355 g/mol. The predicted octanol–water partition coefficient (Wildman–Crippen LogP) is 3.22. The lowest BCUT2D eigenvalue weighted by Gasteiger charge is -2.14. The third kappa shape index (κ3) is 9.41. The Morgan fingerprint density at radius 1 is 1.30 bits per heavy atom. The number of hydrogen-bond donors (Lipinski definition) is 3. The van der Waals surface area contributed by atoms with Gasteiger partial charge in [-0.2, -0.15) is 0 Å². The van der Waals surface area contributed by atoms with E-state index in [4.69, 9.17) is 23.8 Å². The fourth-order valence-corrected chi connectivity index (χ4v) is 2.53. The maximum atomic E-state index is 11.5. The Kier molecular flexibility index (Phi) is 9.64. The number of thiocarbonyl (C=S) groups is 1. The number of nitrogens with one attached hydrogen (secondary N) is 3. The van der Waals surface area contributed by atoms with Gasteiger partial charge in [-0.3, -0.25) is 15.6 Å². The lowest BCUT2D eigenvalue weighted by molar-refractivity contribution is -0.121. The van der Waals surface area contributed by atoms with E-state index in [1.165, 1.54) is 11.1 Å². The topological polar surface area (TPSA) is 53.2 Å². The van der Waals surface area contributed by atoms with Gasteiger partial charge < -0.3 is 5.32 Å². The molecule has 23 heavy (non-hydrogen) atoms. The molecule has 1 amide bonds. The zero-order valence-corrected chi connectivity index (χ0v) is 15.4. The van der Waals surface area contributed by atoms with Gasteiger partial charge in [0.15, 0.2) is 5.11 Å². The number of benzene rings is 1. The third-order valence-corrected chi connectivity index (χ3v) is 3.90. The maximum absolute atomic E-state index is 11.5. The predicted molar refractivity (Wildman–Crippen MR) is 101 cm³/mol. The molecule has 1 aromatic carbocycles. The van der Waals surface area contributed by atoms with E-state index in [0.717, 1.165) is 25.7 Å². The summed E-state index contributed by atoms with van der Waals surface area (Å²) in [4.78, 5) is 11.5. The van der Waals surface area contributed by atoms with Crippen molar-refractivity contribution in [3.8, 4) is 0 Å². The molecule has 0 aromatic heterocycles. The minimum absolute atomic E-state index is 0.0511. The second-order valence-electron chi connectivity index (χ2n) is 5.63. The van der Waals surface area contributed by atoms with Gasteiger partial charge in [0.2, 0.25) is 5.91 Å². The van der Waals surface area contributed by atoms with Crippen molar-refractivity contribution in [3.63, 3.8) is 0 Å². The van der Waals surface area contributed by atoms with Crippen LogP contribution in [0.2, 0.25) is 0 Å². The largest absolute Gasteiger partial charge is 0.360 e. The minimum Gasteiger partial charge on any atom is -0.360 e. The zero-order chi connectivity index (χ0) is 17.1. The number of hydrazine groups is 1. The summed E-state index contributed by atoms with van der Waals surface area (Å²) in [7, 11) is 0. The summed E-state index contributed by atoms with van der Waals surface area (Å²) in [6, 6.07) is 8.28. The molecule has 0 saturated carbocycles. The summed E-state index contributed by atoms with van der Waals surface area (Å²) in [6.45, 7) is 4.70. The van der Waals surface area contributed by atoms with Crippen LogP contribution >= 0.6 is 23.8 Å². The van der Waals surface area contributed by atoms with E-state index in [0.29, 0.717) is 18.1 Å². The van der Waals surface area contributed by atoms with Gasteiger partial charge in [-0.05, 0) is 37.5 Å². The van der Waals surface area contributed by atoms with Crippen LogP contribution in [0, 0.1) is 6.92 Å². The molecule has 0 aliphatic rings. The molecule has 0 unspecified atom stereocenters. The molecule has 1 atom stereocenters. The molecule has 4 nitrogen and oxygen atoms in total. The molecule has 1 aromatic rings. The Labute approximate surface area is 149 Å². The highest BCUT2D eigenvalue weighted by Gasteiger charge is 2.07. The number of alkyl halides is 1. The summed E-state index contributed by atoms with van der Waals surface area (Å²) in [5.41, 5.74) is 7.71. The number of aryl methyl sites for hydroxylation is 1. The molecule has 0 bridgehead atoms. The molecule has 0 saturated heterocycles. The smallest absolute Gasteiger partial charge is 0.238 e. The van der Waals surface area contributed by atoms with Gasteiger partial charge in [0, 0.05) is 13.0 Å². The number of carbonyl (C=O) groups is 1. The van der Waals surface area contributed by atoms with E-state index in [1.807, 2.05) is 6.07 Å². The third-order valence-electron chi connectivity index (χ3n) is 3.35. The summed E-state index contributed by atoms with van der Waals surface area (Å²) < 4.78 is 0. The van der Waals surface area contributed by atoms with Crippen LogP contribution in [0.3, 0.4) is 0 Å². The molecule has 0 aliphatic heterocycles. The van der Waals surface area contributed by atoms with Crippen molar-refractivity contribution in [1.82, 2.24) is 16.2 Å². The number of hydrogen-bond acceptors (Lipinski definition) is 2. The van der Waals surface area contributed by atoms with Crippen LogP contribution in [-0.4, -0.2) is 22.9 Å². The fraction of sp³-hybridized carbons (Fsp3) is 0.529. The molecule has 3 N–H and O–H groups in total. The molecular weight excluding hydrogens is 330 g/mol. The highest BCUT2D eigenvalue weighted by molar-refractivity contribution is 7.80. The van der Waals surface area contributed by atoms with Crippen LogP contribution in [0.15, 0.2) is 24.3 Å². The van der Waals surface area contributed by atoms with Crippen LogP contribution in [-0.2, 0) is 11.2 Å². The standard InChI is InChI=1S/C17H26ClN3OS/c1-3-4-5-9-16(22)20-21-17(23)19-12-15(18)11-14-8-6-7-13(2)10-14/h6-8,10,15H,3-5,9,11-12H2,1-2H3,(H,20,22)(H2,19,21,23)/t15-/m0/s1. The van der Waals surface area contributed by atoms with Crippen molar-refractivity contribution in [2.45, 2.75) is 51.3 Å². The fourth-order valence-electron chi connectivity index (χ4n) is 2.14.